The Morgan fingerprint density at radius 2 is 2.27 bits per heavy atom. The summed E-state index contributed by atoms with van der Waals surface area (Å²) in [7, 11) is 0. The predicted molar refractivity (Wildman–Crippen MR) is 84.4 cm³/mol. The third-order valence-corrected chi connectivity index (χ3v) is 3.58. The number of nitrogen functional groups attached to an aromatic ring is 1. The topological polar surface area (TPSA) is 122 Å². The van der Waals surface area contributed by atoms with Gasteiger partial charge in [0.1, 0.15) is 10.7 Å². The molecule has 22 heavy (non-hydrogen) atoms. The SMILES string of the molecule is CC(C)Cc1cc(C(=O)NCCSc2cn[nH]n2)nc(N)n1. The standard InChI is InChI=1S/C13H19N7OS/c1-8(2)5-9-6-10(18-13(14)17-9)12(21)15-3-4-22-11-7-16-20-19-11/h6-8H,3-5H2,1-2H3,(H,15,21)(H2,14,17,18)(H,16,19,20). The first kappa shape index (κ1) is 16.2. The maximum absolute atomic E-state index is 12.1. The van der Waals surface area contributed by atoms with Crippen molar-refractivity contribution in [1.82, 2.24) is 30.7 Å². The second-order valence-corrected chi connectivity index (χ2v) is 6.23. The predicted octanol–water partition coefficient (Wildman–Crippen LogP) is 0.897. The van der Waals surface area contributed by atoms with Crippen molar-refractivity contribution in [3.8, 4) is 0 Å². The molecular weight excluding hydrogens is 302 g/mol. The molecule has 2 heterocycles. The minimum atomic E-state index is -0.250. The second-order valence-electron chi connectivity index (χ2n) is 5.11. The lowest BCUT2D eigenvalue weighted by Crippen LogP contribution is -2.27. The number of anilines is 1. The number of amides is 1. The lowest BCUT2D eigenvalue weighted by molar-refractivity contribution is 0.0951. The summed E-state index contributed by atoms with van der Waals surface area (Å²) in [5, 5.41) is 13.8. The van der Waals surface area contributed by atoms with Crippen molar-refractivity contribution in [3.05, 3.63) is 23.7 Å². The molecule has 0 bridgehead atoms. The van der Waals surface area contributed by atoms with Crippen molar-refractivity contribution < 1.29 is 4.79 Å². The Kier molecular flexibility index (Phi) is 5.70. The Morgan fingerprint density at radius 3 is 2.95 bits per heavy atom. The monoisotopic (exact) mass is 321 g/mol. The number of rotatable bonds is 7. The van der Waals surface area contributed by atoms with Crippen LogP contribution in [0, 0.1) is 5.92 Å². The number of nitrogens with zero attached hydrogens (tertiary/aromatic N) is 4. The van der Waals surface area contributed by atoms with Crippen LogP contribution in [0.1, 0.15) is 30.0 Å². The number of hydrogen-bond donors (Lipinski definition) is 3. The third kappa shape index (κ3) is 4.99. The first-order valence-corrected chi connectivity index (χ1v) is 7.93. The first-order valence-electron chi connectivity index (χ1n) is 6.95. The van der Waals surface area contributed by atoms with Crippen LogP contribution in [0.4, 0.5) is 5.95 Å². The maximum atomic E-state index is 12.1. The molecule has 0 spiro atoms. The molecule has 9 heteroatoms. The number of hydrogen-bond acceptors (Lipinski definition) is 7. The Hall–Kier alpha value is -2.16. The highest BCUT2D eigenvalue weighted by Gasteiger charge is 2.11. The van der Waals surface area contributed by atoms with Crippen LogP contribution in [0.25, 0.3) is 0 Å². The minimum Gasteiger partial charge on any atom is -0.368 e. The Bertz CT molecular complexity index is 615. The molecule has 118 valence electrons. The molecule has 0 saturated heterocycles. The van der Waals surface area contributed by atoms with E-state index in [1.807, 2.05) is 0 Å². The van der Waals surface area contributed by atoms with Crippen LogP contribution in [-0.4, -0.2) is 43.6 Å². The molecule has 0 atom stereocenters. The van der Waals surface area contributed by atoms with E-state index in [4.69, 9.17) is 5.73 Å². The normalized spacial score (nSPS) is 10.9. The number of carbonyl (C=O) groups excluding carboxylic acids is 1. The lowest BCUT2D eigenvalue weighted by atomic mass is 10.1. The molecule has 2 aromatic rings. The Labute approximate surface area is 132 Å². The summed E-state index contributed by atoms with van der Waals surface area (Å²) in [6, 6.07) is 1.69. The van der Waals surface area contributed by atoms with E-state index in [1.54, 1.807) is 12.3 Å². The van der Waals surface area contributed by atoms with E-state index in [0.717, 1.165) is 17.1 Å². The van der Waals surface area contributed by atoms with Crippen molar-refractivity contribution in [3.63, 3.8) is 0 Å². The van der Waals surface area contributed by atoms with Gasteiger partial charge in [-0.25, -0.2) is 9.97 Å². The highest BCUT2D eigenvalue weighted by molar-refractivity contribution is 7.99. The molecule has 0 saturated carbocycles. The van der Waals surface area contributed by atoms with Crippen LogP contribution in [-0.2, 0) is 6.42 Å². The number of thioether (sulfide) groups is 1. The van der Waals surface area contributed by atoms with Gasteiger partial charge in [0.05, 0.1) is 6.20 Å². The van der Waals surface area contributed by atoms with Gasteiger partial charge in [0, 0.05) is 18.0 Å². The van der Waals surface area contributed by atoms with E-state index >= 15 is 0 Å². The highest BCUT2D eigenvalue weighted by Crippen LogP contribution is 2.11. The summed E-state index contributed by atoms with van der Waals surface area (Å²) in [5.41, 5.74) is 6.75. The molecule has 0 radical (unpaired) electrons. The molecule has 0 fully saturated rings. The maximum Gasteiger partial charge on any atom is 0.270 e. The zero-order chi connectivity index (χ0) is 15.9. The zero-order valence-electron chi connectivity index (χ0n) is 12.5. The largest absolute Gasteiger partial charge is 0.368 e. The fraction of sp³-hybridized carbons (Fsp3) is 0.462. The zero-order valence-corrected chi connectivity index (χ0v) is 13.4. The van der Waals surface area contributed by atoms with Gasteiger partial charge in [0.25, 0.3) is 5.91 Å². The summed E-state index contributed by atoms with van der Waals surface area (Å²) in [6.45, 7) is 4.66. The van der Waals surface area contributed by atoms with Crippen molar-refractivity contribution in [2.24, 2.45) is 5.92 Å². The highest BCUT2D eigenvalue weighted by atomic mass is 32.2. The van der Waals surface area contributed by atoms with Crippen LogP contribution in [0.5, 0.6) is 0 Å². The molecule has 0 aliphatic heterocycles. The Morgan fingerprint density at radius 1 is 1.45 bits per heavy atom. The van der Waals surface area contributed by atoms with E-state index in [2.05, 4.69) is 44.5 Å². The van der Waals surface area contributed by atoms with Gasteiger partial charge < -0.3 is 11.1 Å². The van der Waals surface area contributed by atoms with Gasteiger partial charge in [-0.15, -0.1) is 16.9 Å². The van der Waals surface area contributed by atoms with Gasteiger partial charge in [-0.1, -0.05) is 13.8 Å². The number of nitrogens with one attached hydrogen (secondary N) is 2. The molecule has 0 aliphatic rings. The van der Waals surface area contributed by atoms with Crippen LogP contribution < -0.4 is 11.1 Å². The van der Waals surface area contributed by atoms with Crippen LogP contribution >= 0.6 is 11.8 Å². The fourth-order valence-corrected chi connectivity index (χ4v) is 2.47. The van der Waals surface area contributed by atoms with Crippen molar-refractivity contribution in [1.29, 1.82) is 0 Å². The molecule has 0 unspecified atom stereocenters. The number of H-pyrrole nitrogens is 1. The molecule has 0 aliphatic carbocycles. The summed E-state index contributed by atoms with van der Waals surface area (Å²) in [4.78, 5) is 20.2. The number of carbonyl (C=O) groups is 1. The van der Waals surface area contributed by atoms with Crippen LogP contribution in [0.3, 0.4) is 0 Å². The smallest absolute Gasteiger partial charge is 0.270 e. The van der Waals surface area contributed by atoms with Gasteiger partial charge >= 0.3 is 0 Å². The van der Waals surface area contributed by atoms with Crippen LogP contribution in [0.2, 0.25) is 0 Å². The Balaban J connectivity index is 1.87. The molecule has 1 amide bonds. The van der Waals surface area contributed by atoms with E-state index < -0.39 is 0 Å². The first-order chi connectivity index (χ1) is 10.5. The van der Waals surface area contributed by atoms with Crippen molar-refractivity contribution >= 4 is 23.6 Å². The number of aromatic amines is 1. The molecule has 2 rings (SSSR count). The summed E-state index contributed by atoms with van der Waals surface area (Å²) in [6.07, 6.45) is 2.39. The molecular formula is C13H19N7OS. The van der Waals surface area contributed by atoms with Gasteiger partial charge in [0.15, 0.2) is 0 Å². The average molecular weight is 321 g/mol. The molecule has 4 N–H and O–H groups in total. The van der Waals surface area contributed by atoms with E-state index in [-0.39, 0.29) is 11.9 Å². The van der Waals surface area contributed by atoms with Crippen molar-refractivity contribution in [2.75, 3.05) is 18.0 Å². The average Bonchev–Trinajstić information content (AvgIpc) is 2.95. The molecule has 2 aromatic heterocycles. The fourth-order valence-electron chi connectivity index (χ4n) is 1.83. The summed E-state index contributed by atoms with van der Waals surface area (Å²) in [5.74, 6) is 1.00. The van der Waals surface area contributed by atoms with Gasteiger partial charge in [-0.2, -0.15) is 10.3 Å². The second kappa shape index (κ2) is 7.74. The summed E-state index contributed by atoms with van der Waals surface area (Å²) < 4.78 is 0. The summed E-state index contributed by atoms with van der Waals surface area (Å²) >= 11 is 1.50. The van der Waals surface area contributed by atoms with Gasteiger partial charge in [-0.3, -0.25) is 4.79 Å². The van der Waals surface area contributed by atoms with E-state index in [1.165, 1.54) is 11.8 Å². The number of aromatic nitrogens is 5. The van der Waals surface area contributed by atoms with Crippen LogP contribution in [0.15, 0.2) is 17.3 Å². The lowest BCUT2D eigenvalue weighted by Gasteiger charge is -2.08. The molecule has 8 nitrogen and oxygen atoms in total. The minimum absolute atomic E-state index is 0.125. The van der Waals surface area contributed by atoms with E-state index in [9.17, 15) is 4.79 Å². The van der Waals surface area contributed by atoms with Gasteiger partial charge in [-0.05, 0) is 18.4 Å². The van der Waals surface area contributed by atoms with Crippen molar-refractivity contribution in [2.45, 2.75) is 25.3 Å². The van der Waals surface area contributed by atoms with Gasteiger partial charge in [0.2, 0.25) is 5.95 Å². The molecule has 0 aromatic carbocycles. The number of nitrogens with two attached hydrogens (primary N) is 1. The quantitative estimate of drug-likeness (QED) is 0.511. The third-order valence-electron chi connectivity index (χ3n) is 2.68. The van der Waals surface area contributed by atoms with E-state index in [0.29, 0.717) is 23.9 Å².